The van der Waals surface area contributed by atoms with Crippen LogP contribution in [0.4, 0.5) is 5.69 Å². The van der Waals surface area contributed by atoms with E-state index in [4.69, 9.17) is 17.3 Å². The van der Waals surface area contributed by atoms with Gasteiger partial charge in [-0.25, -0.2) is 0 Å². The van der Waals surface area contributed by atoms with Crippen LogP contribution in [-0.4, -0.2) is 0 Å². The van der Waals surface area contributed by atoms with Crippen molar-refractivity contribution in [1.29, 1.82) is 0 Å². The standard InChI is InChI=1S/C19H16ClN/c20-17-11-9-14(10-12-17)13-16-7-4-8-18(21)19(16)15-5-2-1-3-6-15/h1-12H,13,21H2. The molecule has 0 radical (unpaired) electrons. The minimum Gasteiger partial charge on any atom is -0.398 e. The van der Waals surface area contributed by atoms with Gasteiger partial charge in [0.15, 0.2) is 0 Å². The predicted octanol–water partition coefficient (Wildman–Crippen LogP) is 5.18. The molecular weight excluding hydrogens is 278 g/mol. The molecule has 0 bridgehead atoms. The van der Waals surface area contributed by atoms with E-state index in [1.807, 2.05) is 42.5 Å². The van der Waals surface area contributed by atoms with Crippen LogP contribution in [0.1, 0.15) is 11.1 Å². The maximum absolute atomic E-state index is 6.21. The summed E-state index contributed by atoms with van der Waals surface area (Å²) in [6.45, 7) is 0. The van der Waals surface area contributed by atoms with Gasteiger partial charge in [-0.05, 0) is 41.3 Å². The average Bonchev–Trinajstić information content (AvgIpc) is 2.51. The van der Waals surface area contributed by atoms with Gasteiger partial charge in [-0.1, -0.05) is 66.2 Å². The number of anilines is 1. The zero-order valence-corrected chi connectivity index (χ0v) is 12.3. The van der Waals surface area contributed by atoms with E-state index in [-0.39, 0.29) is 0 Å². The van der Waals surface area contributed by atoms with Crippen LogP contribution < -0.4 is 5.73 Å². The fourth-order valence-electron chi connectivity index (χ4n) is 2.55. The van der Waals surface area contributed by atoms with Crippen LogP contribution in [-0.2, 0) is 6.42 Å². The third-order valence-corrected chi connectivity index (χ3v) is 3.81. The molecule has 3 aromatic rings. The highest BCUT2D eigenvalue weighted by Crippen LogP contribution is 2.31. The molecule has 0 saturated heterocycles. The first-order valence-corrected chi connectivity index (χ1v) is 7.29. The molecule has 3 rings (SSSR count). The van der Waals surface area contributed by atoms with Gasteiger partial charge in [0, 0.05) is 16.3 Å². The Balaban J connectivity index is 2.03. The summed E-state index contributed by atoms with van der Waals surface area (Å²) in [6.07, 6.45) is 0.840. The zero-order chi connectivity index (χ0) is 14.7. The Morgan fingerprint density at radius 1 is 0.762 bits per heavy atom. The number of rotatable bonds is 3. The molecule has 2 N–H and O–H groups in total. The van der Waals surface area contributed by atoms with Crippen molar-refractivity contribution < 1.29 is 0 Å². The highest BCUT2D eigenvalue weighted by atomic mass is 35.5. The number of hydrogen-bond donors (Lipinski definition) is 1. The summed E-state index contributed by atoms with van der Waals surface area (Å²) in [6, 6.07) is 24.3. The largest absolute Gasteiger partial charge is 0.398 e. The normalized spacial score (nSPS) is 10.5. The third kappa shape index (κ3) is 3.09. The van der Waals surface area contributed by atoms with Crippen molar-refractivity contribution in [3.05, 3.63) is 88.9 Å². The molecule has 0 saturated carbocycles. The molecule has 0 amide bonds. The molecule has 2 heteroatoms. The molecule has 0 aliphatic carbocycles. The second-order valence-electron chi connectivity index (χ2n) is 5.05. The lowest BCUT2D eigenvalue weighted by Crippen LogP contribution is -1.97. The molecule has 104 valence electrons. The molecule has 21 heavy (non-hydrogen) atoms. The Labute approximate surface area is 130 Å². The summed E-state index contributed by atoms with van der Waals surface area (Å²) >= 11 is 5.95. The quantitative estimate of drug-likeness (QED) is 0.662. The summed E-state index contributed by atoms with van der Waals surface area (Å²) in [7, 11) is 0. The van der Waals surface area contributed by atoms with E-state index >= 15 is 0 Å². The number of nitrogens with two attached hydrogens (primary N) is 1. The fraction of sp³-hybridized carbons (Fsp3) is 0.0526. The van der Waals surface area contributed by atoms with E-state index < -0.39 is 0 Å². The smallest absolute Gasteiger partial charge is 0.0406 e. The summed E-state index contributed by atoms with van der Waals surface area (Å²) in [5.41, 5.74) is 11.7. The molecule has 0 aliphatic rings. The van der Waals surface area contributed by atoms with Crippen molar-refractivity contribution in [2.75, 3.05) is 5.73 Å². The van der Waals surface area contributed by atoms with E-state index in [1.54, 1.807) is 0 Å². The Kier molecular flexibility index (Phi) is 3.94. The van der Waals surface area contributed by atoms with Gasteiger partial charge in [0.2, 0.25) is 0 Å². The first kappa shape index (κ1) is 13.7. The second-order valence-corrected chi connectivity index (χ2v) is 5.49. The molecule has 0 unspecified atom stereocenters. The molecule has 0 atom stereocenters. The van der Waals surface area contributed by atoms with Gasteiger partial charge in [-0.15, -0.1) is 0 Å². The van der Waals surface area contributed by atoms with E-state index in [0.717, 1.165) is 28.3 Å². The van der Waals surface area contributed by atoms with Gasteiger partial charge in [-0.3, -0.25) is 0 Å². The van der Waals surface area contributed by atoms with Crippen molar-refractivity contribution in [2.45, 2.75) is 6.42 Å². The van der Waals surface area contributed by atoms with Gasteiger partial charge < -0.3 is 5.73 Å². The van der Waals surface area contributed by atoms with Gasteiger partial charge in [0.25, 0.3) is 0 Å². The Morgan fingerprint density at radius 2 is 1.48 bits per heavy atom. The van der Waals surface area contributed by atoms with Crippen LogP contribution >= 0.6 is 11.6 Å². The third-order valence-electron chi connectivity index (χ3n) is 3.55. The minimum atomic E-state index is 0.759. The monoisotopic (exact) mass is 293 g/mol. The molecule has 0 aliphatic heterocycles. The fourth-order valence-corrected chi connectivity index (χ4v) is 2.67. The summed E-state index contributed by atoms with van der Waals surface area (Å²) in [5.74, 6) is 0. The molecular formula is C19H16ClN. The maximum Gasteiger partial charge on any atom is 0.0406 e. The van der Waals surface area contributed by atoms with E-state index in [2.05, 4.69) is 30.3 Å². The van der Waals surface area contributed by atoms with Crippen LogP contribution in [0, 0.1) is 0 Å². The second kappa shape index (κ2) is 6.02. The van der Waals surface area contributed by atoms with Crippen molar-refractivity contribution in [3.8, 4) is 11.1 Å². The minimum absolute atomic E-state index is 0.759. The van der Waals surface area contributed by atoms with Crippen molar-refractivity contribution in [1.82, 2.24) is 0 Å². The topological polar surface area (TPSA) is 26.0 Å². The van der Waals surface area contributed by atoms with Crippen molar-refractivity contribution in [2.24, 2.45) is 0 Å². The maximum atomic E-state index is 6.21. The number of halogens is 1. The number of nitrogen functional groups attached to an aromatic ring is 1. The van der Waals surface area contributed by atoms with E-state index in [1.165, 1.54) is 11.1 Å². The first-order chi connectivity index (χ1) is 10.2. The lowest BCUT2D eigenvalue weighted by atomic mass is 9.93. The van der Waals surface area contributed by atoms with E-state index in [0.29, 0.717) is 0 Å². The van der Waals surface area contributed by atoms with Crippen LogP contribution in [0.25, 0.3) is 11.1 Å². The summed E-state index contributed by atoms with van der Waals surface area (Å²) < 4.78 is 0. The Hall–Kier alpha value is -2.25. The highest BCUT2D eigenvalue weighted by molar-refractivity contribution is 6.30. The molecule has 0 fully saturated rings. The molecule has 3 aromatic carbocycles. The molecule has 0 spiro atoms. The number of hydrogen-bond acceptors (Lipinski definition) is 1. The van der Waals surface area contributed by atoms with Crippen LogP contribution in [0.15, 0.2) is 72.8 Å². The number of benzene rings is 3. The predicted molar refractivity (Wildman–Crippen MR) is 90.5 cm³/mol. The van der Waals surface area contributed by atoms with Crippen LogP contribution in [0.5, 0.6) is 0 Å². The van der Waals surface area contributed by atoms with Gasteiger partial charge in [0.05, 0.1) is 0 Å². The van der Waals surface area contributed by atoms with Gasteiger partial charge in [-0.2, -0.15) is 0 Å². The average molecular weight is 294 g/mol. The Bertz CT molecular complexity index is 733. The molecule has 0 aromatic heterocycles. The van der Waals surface area contributed by atoms with Crippen LogP contribution in [0.2, 0.25) is 5.02 Å². The lowest BCUT2D eigenvalue weighted by molar-refractivity contribution is 1.20. The first-order valence-electron chi connectivity index (χ1n) is 6.91. The van der Waals surface area contributed by atoms with Gasteiger partial charge >= 0.3 is 0 Å². The summed E-state index contributed by atoms with van der Waals surface area (Å²) in [5, 5.41) is 0.759. The van der Waals surface area contributed by atoms with Crippen molar-refractivity contribution in [3.63, 3.8) is 0 Å². The molecule has 1 nitrogen and oxygen atoms in total. The van der Waals surface area contributed by atoms with Crippen LogP contribution in [0.3, 0.4) is 0 Å². The zero-order valence-electron chi connectivity index (χ0n) is 11.6. The summed E-state index contributed by atoms with van der Waals surface area (Å²) in [4.78, 5) is 0. The lowest BCUT2D eigenvalue weighted by Gasteiger charge is -2.13. The Morgan fingerprint density at radius 3 is 2.19 bits per heavy atom. The van der Waals surface area contributed by atoms with E-state index in [9.17, 15) is 0 Å². The SMILES string of the molecule is Nc1cccc(Cc2ccc(Cl)cc2)c1-c1ccccc1. The highest BCUT2D eigenvalue weighted by Gasteiger charge is 2.09. The van der Waals surface area contributed by atoms with Crippen molar-refractivity contribution >= 4 is 17.3 Å². The molecule has 0 heterocycles. The van der Waals surface area contributed by atoms with Gasteiger partial charge in [0.1, 0.15) is 0 Å².